The lowest BCUT2D eigenvalue weighted by atomic mass is 9.88. The molecule has 0 heterocycles. The van der Waals surface area contributed by atoms with Crippen molar-refractivity contribution in [3.05, 3.63) is 23.8 Å². The number of methoxy groups -OCH3 is 1. The maximum atomic E-state index is 12.8. The summed E-state index contributed by atoms with van der Waals surface area (Å²) in [5.74, 6) is 0.278. The van der Waals surface area contributed by atoms with Gasteiger partial charge in [0.2, 0.25) is 10.0 Å². The molecule has 1 rings (SSSR count). The second kappa shape index (κ2) is 6.34. The third-order valence-electron chi connectivity index (χ3n) is 3.87. The maximum Gasteiger partial charge on any atom is 0.246 e. The molecule has 120 valence electrons. The summed E-state index contributed by atoms with van der Waals surface area (Å²) in [5.41, 5.74) is 0.343. The van der Waals surface area contributed by atoms with Crippen LogP contribution in [0.2, 0.25) is 0 Å². The van der Waals surface area contributed by atoms with Gasteiger partial charge < -0.3 is 9.84 Å². The van der Waals surface area contributed by atoms with Crippen molar-refractivity contribution in [2.45, 2.75) is 45.2 Å². The Morgan fingerprint density at radius 2 is 1.90 bits per heavy atom. The smallest absolute Gasteiger partial charge is 0.246 e. The largest absolute Gasteiger partial charge is 0.495 e. The van der Waals surface area contributed by atoms with E-state index in [0.29, 0.717) is 5.56 Å². The molecule has 0 aromatic heterocycles. The van der Waals surface area contributed by atoms with Gasteiger partial charge >= 0.3 is 0 Å². The van der Waals surface area contributed by atoms with Crippen molar-refractivity contribution in [2.24, 2.45) is 5.41 Å². The van der Waals surface area contributed by atoms with Crippen molar-refractivity contribution >= 4 is 10.0 Å². The number of aliphatic hydroxyl groups excluding tert-OH is 1. The van der Waals surface area contributed by atoms with E-state index in [0.717, 1.165) is 0 Å². The van der Waals surface area contributed by atoms with Crippen LogP contribution in [0.25, 0.3) is 0 Å². The van der Waals surface area contributed by atoms with Crippen LogP contribution in [-0.2, 0) is 16.6 Å². The normalized spacial score (nSPS) is 14.3. The highest BCUT2D eigenvalue weighted by atomic mass is 32.2. The van der Waals surface area contributed by atoms with Crippen molar-refractivity contribution in [3.63, 3.8) is 0 Å². The van der Waals surface area contributed by atoms with Crippen LogP contribution in [0.1, 0.15) is 33.3 Å². The summed E-state index contributed by atoms with van der Waals surface area (Å²) in [5, 5.41) is 9.22. The molecule has 1 aromatic carbocycles. The highest BCUT2D eigenvalue weighted by Crippen LogP contribution is 2.32. The Bertz CT molecular complexity index is 590. The van der Waals surface area contributed by atoms with Gasteiger partial charge in [0.1, 0.15) is 10.6 Å². The van der Waals surface area contributed by atoms with Gasteiger partial charge in [0.05, 0.1) is 13.7 Å². The Hall–Kier alpha value is -1.11. The first-order chi connectivity index (χ1) is 9.55. The number of rotatable bonds is 5. The Labute approximate surface area is 127 Å². The number of aliphatic hydroxyl groups is 1. The zero-order chi connectivity index (χ0) is 16.4. The lowest BCUT2D eigenvalue weighted by Crippen LogP contribution is -2.43. The molecule has 0 aliphatic rings. The minimum Gasteiger partial charge on any atom is -0.495 e. The molecule has 1 unspecified atom stereocenters. The number of ether oxygens (including phenoxy) is 1. The highest BCUT2D eigenvalue weighted by Gasteiger charge is 2.34. The summed E-state index contributed by atoms with van der Waals surface area (Å²) in [6, 6.07) is 4.48. The minimum absolute atomic E-state index is 0.0788. The Morgan fingerprint density at radius 1 is 1.33 bits per heavy atom. The number of benzene rings is 1. The lowest BCUT2D eigenvalue weighted by molar-refractivity contribution is 0.216. The van der Waals surface area contributed by atoms with Crippen LogP contribution < -0.4 is 4.74 Å². The first kappa shape index (κ1) is 17.9. The summed E-state index contributed by atoms with van der Waals surface area (Å²) in [7, 11) is -0.703. The summed E-state index contributed by atoms with van der Waals surface area (Å²) in [6.45, 7) is 7.63. The summed E-state index contributed by atoms with van der Waals surface area (Å²) < 4.78 is 32.2. The minimum atomic E-state index is -3.70. The molecule has 0 aliphatic carbocycles. The SMILES string of the molecule is COc1ccc(CO)cc1S(=O)(=O)N(C)C(C)C(C)(C)C. The zero-order valence-corrected chi connectivity index (χ0v) is 14.4. The quantitative estimate of drug-likeness (QED) is 0.905. The predicted octanol–water partition coefficient (Wildman–Crippen LogP) is 2.24. The van der Waals surface area contributed by atoms with Crippen molar-refractivity contribution in [3.8, 4) is 5.75 Å². The fourth-order valence-electron chi connectivity index (χ4n) is 1.93. The first-order valence-corrected chi connectivity index (χ1v) is 8.25. The van der Waals surface area contributed by atoms with Gasteiger partial charge in [-0.1, -0.05) is 26.8 Å². The third-order valence-corrected chi connectivity index (χ3v) is 5.82. The lowest BCUT2D eigenvalue weighted by Gasteiger charge is -2.34. The van der Waals surface area contributed by atoms with Gasteiger partial charge in [0.15, 0.2) is 0 Å². The second-order valence-corrected chi connectivity index (χ2v) is 8.17. The number of sulfonamides is 1. The standard InChI is InChI=1S/C15H25NO4S/c1-11(15(2,3)4)16(5)21(18,19)14-9-12(10-17)7-8-13(14)20-6/h7-9,11,17H,10H2,1-6H3. The molecule has 0 aliphatic heterocycles. The van der Waals surface area contributed by atoms with Gasteiger partial charge in [-0.15, -0.1) is 0 Å². The molecule has 0 amide bonds. The summed E-state index contributed by atoms with van der Waals surface area (Å²) in [4.78, 5) is 0.0788. The van der Waals surface area contributed by atoms with E-state index in [-0.39, 0.29) is 28.7 Å². The van der Waals surface area contributed by atoms with Crippen LogP contribution in [0, 0.1) is 5.41 Å². The first-order valence-electron chi connectivity index (χ1n) is 6.81. The average Bonchev–Trinajstić information content (AvgIpc) is 2.43. The highest BCUT2D eigenvalue weighted by molar-refractivity contribution is 7.89. The van der Waals surface area contributed by atoms with Gasteiger partial charge in [-0.3, -0.25) is 0 Å². The van der Waals surface area contributed by atoms with Crippen LogP contribution >= 0.6 is 0 Å². The fraction of sp³-hybridized carbons (Fsp3) is 0.600. The van der Waals surface area contributed by atoms with Crippen LogP contribution in [0.15, 0.2) is 23.1 Å². The molecule has 0 saturated carbocycles. The van der Waals surface area contributed by atoms with Gasteiger partial charge in [-0.25, -0.2) is 8.42 Å². The van der Waals surface area contributed by atoms with Crippen LogP contribution in [0.3, 0.4) is 0 Å². The van der Waals surface area contributed by atoms with E-state index in [1.54, 1.807) is 19.2 Å². The van der Waals surface area contributed by atoms with Crippen molar-refractivity contribution < 1.29 is 18.3 Å². The van der Waals surface area contributed by atoms with E-state index >= 15 is 0 Å². The predicted molar refractivity (Wildman–Crippen MR) is 82.8 cm³/mol. The van der Waals surface area contributed by atoms with Crippen molar-refractivity contribution in [1.82, 2.24) is 4.31 Å². The summed E-state index contributed by atoms with van der Waals surface area (Å²) in [6.07, 6.45) is 0. The summed E-state index contributed by atoms with van der Waals surface area (Å²) >= 11 is 0. The van der Waals surface area contributed by atoms with Gasteiger partial charge in [-0.05, 0) is 30.0 Å². The number of hydrogen-bond acceptors (Lipinski definition) is 4. The molecular weight excluding hydrogens is 290 g/mol. The molecule has 1 aromatic rings. The molecule has 21 heavy (non-hydrogen) atoms. The topological polar surface area (TPSA) is 66.8 Å². The monoisotopic (exact) mass is 315 g/mol. The molecule has 6 heteroatoms. The van der Waals surface area contributed by atoms with Crippen LogP contribution in [-0.4, -0.2) is 38.0 Å². The molecular formula is C15H25NO4S. The van der Waals surface area contributed by atoms with E-state index in [1.807, 2.05) is 27.7 Å². The molecule has 0 radical (unpaired) electrons. The maximum absolute atomic E-state index is 12.8. The Balaban J connectivity index is 3.36. The molecule has 1 atom stereocenters. The van der Waals surface area contributed by atoms with E-state index in [4.69, 9.17) is 4.74 Å². The molecule has 0 bridgehead atoms. The van der Waals surface area contributed by atoms with E-state index in [1.165, 1.54) is 17.5 Å². The van der Waals surface area contributed by atoms with Crippen molar-refractivity contribution in [1.29, 1.82) is 0 Å². The number of nitrogens with zero attached hydrogens (tertiary/aromatic N) is 1. The van der Waals surface area contributed by atoms with Crippen molar-refractivity contribution in [2.75, 3.05) is 14.2 Å². The zero-order valence-electron chi connectivity index (χ0n) is 13.5. The van der Waals surface area contributed by atoms with Crippen LogP contribution in [0.5, 0.6) is 5.75 Å². The molecule has 1 N–H and O–H groups in total. The van der Waals surface area contributed by atoms with Gasteiger partial charge in [0.25, 0.3) is 0 Å². The fourth-order valence-corrected chi connectivity index (χ4v) is 3.68. The second-order valence-electron chi connectivity index (χ2n) is 6.21. The van der Waals surface area contributed by atoms with Crippen LogP contribution in [0.4, 0.5) is 0 Å². The van der Waals surface area contributed by atoms with E-state index in [9.17, 15) is 13.5 Å². The Morgan fingerprint density at radius 3 is 2.33 bits per heavy atom. The van der Waals surface area contributed by atoms with Gasteiger partial charge in [0, 0.05) is 13.1 Å². The van der Waals surface area contributed by atoms with E-state index < -0.39 is 10.0 Å². The molecule has 0 fully saturated rings. The average molecular weight is 315 g/mol. The number of hydrogen-bond donors (Lipinski definition) is 1. The van der Waals surface area contributed by atoms with Gasteiger partial charge in [-0.2, -0.15) is 4.31 Å². The Kier molecular flexibility index (Phi) is 5.41. The molecule has 0 saturated heterocycles. The molecule has 5 nitrogen and oxygen atoms in total. The third kappa shape index (κ3) is 3.75. The molecule has 0 spiro atoms. The van der Waals surface area contributed by atoms with E-state index in [2.05, 4.69) is 0 Å².